The normalized spacial score (nSPS) is 27.2. The van der Waals surface area contributed by atoms with Gasteiger partial charge in [-0.3, -0.25) is 9.69 Å². The Bertz CT molecular complexity index is 234. The van der Waals surface area contributed by atoms with Crippen LogP contribution in [0.1, 0.15) is 26.7 Å². The molecule has 14 heavy (non-hydrogen) atoms. The number of nitrogens with zero attached hydrogens (tertiary/aromatic N) is 1. The molecule has 0 saturated carbocycles. The summed E-state index contributed by atoms with van der Waals surface area (Å²) in [6.45, 7) is 6.89. The van der Waals surface area contributed by atoms with Crippen molar-refractivity contribution in [3.05, 3.63) is 0 Å². The van der Waals surface area contributed by atoms with Crippen molar-refractivity contribution in [2.45, 2.75) is 38.4 Å². The van der Waals surface area contributed by atoms with E-state index in [4.69, 9.17) is 0 Å². The quantitative estimate of drug-likeness (QED) is 0.617. The van der Waals surface area contributed by atoms with Crippen molar-refractivity contribution in [2.24, 2.45) is 0 Å². The second-order valence-corrected chi connectivity index (χ2v) is 4.55. The fraction of sp³-hybridized carbons (Fsp3) is 0.900. The van der Waals surface area contributed by atoms with Gasteiger partial charge in [0, 0.05) is 6.04 Å². The highest BCUT2D eigenvalue weighted by molar-refractivity contribution is 5.81. The summed E-state index contributed by atoms with van der Waals surface area (Å²) in [6.07, 6.45) is 2.05. The van der Waals surface area contributed by atoms with Crippen molar-refractivity contribution in [3.8, 4) is 0 Å². The van der Waals surface area contributed by atoms with E-state index >= 15 is 0 Å². The topological polar surface area (TPSA) is 44.4 Å². The summed E-state index contributed by atoms with van der Waals surface area (Å²) in [5.41, 5.74) is -0.0451. The zero-order valence-electron chi connectivity index (χ0n) is 8.97. The molecule has 0 aromatic heterocycles. The minimum Gasteiger partial charge on any atom is -0.337 e. The average molecular weight is 197 g/mol. The summed E-state index contributed by atoms with van der Waals surface area (Å²) >= 11 is 0. The zero-order chi connectivity index (χ0) is 10.2. The maximum Gasteiger partial charge on any atom is 0.235 e. The molecule has 4 heteroatoms. The van der Waals surface area contributed by atoms with E-state index in [1.807, 2.05) is 0 Å². The molecule has 0 unspecified atom stereocenters. The first-order chi connectivity index (χ1) is 6.64. The van der Waals surface area contributed by atoms with E-state index in [1.165, 1.54) is 0 Å². The average Bonchev–Trinajstić information content (AvgIpc) is 2.44. The van der Waals surface area contributed by atoms with Gasteiger partial charge in [-0.05, 0) is 39.8 Å². The number of nitrogens with one attached hydrogen (secondary N) is 2. The number of rotatable bonds is 1. The van der Waals surface area contributed by atoms with Gasteiger partial charge in [-0.25, -0.2) is 0 Å². The number of amides is 1. The molecule has 4 nitrogen and oxygen atoms in total. The molecule has 2 N–H and O–H groups in total. The van der Waals surface area contributed by atoms with Gasteiger partial charge in [0.1, 0.15) is 0 Å². The van der Waals surface area contributed by atoms with E-state index in [0.717, 1.165) is 25.9 Å². The third-order valence-corrected chi connectivity index (χ3v) is 3.29. The monoisotopic (exact) mass is 197 g/mol. The Hall–Kier alpha value is -0.610. The van der Waals surface area contributed by atoms with Crippen LogP contribution in [0, 0.1) is 0 Å². The molecule has 2 saturated heterocycles. The van der Waals surface area contributed by atoms with Crippen LogP contribution in [0.4, 0.5) is 0 Å². The van der Waals surface area contributed by atoms with E-state index in [0.29, 0.717) is 12.6 Å². The van der Waals surface area contributed by atoms with Gasteiger partial charge in [0.15, 0.2) is 0 Å². The van der Waals surface area contributed by atoms with E-state index < -0.39 is 0 Å². The molecular weight excluding hydrogens is 178 g/mol. The predicted molar refractivity (Wildman–Crippen MR) is 54.8 cm³/mol. The highest BCUT2D eigenvalue weighted by Crippen LogP contribution is 2.28. The summed E-state index contributed by atoms with van der Waals surface area (Å²) in [6, 6.07) is 0.437. The largest absolute Gasteiger partial charge is 0.337 e. The molecule has 2 heterocycles. The molecule has 2 fully saturated rings. The molecule has 0 radical (unpaired) electrons. The number of carbonyl (C=O) groups is 1. The smallest absolute Gasteiger partial charge is 0.235 e. The maximum absolute atomic E-state index is 11.5. The lowest BCUT2D eigenvalue weighted by atomic mass is 9.96. The highest BCUT2D eigenvalue weighted by atomic mass is 16.2. The molecule has 0 aromatic carbocycles. The van der Waals surface area contributed by atoms with E-state index in [1.54, 1.807) is 0 Å². The van der Waals surface area contributed by atoms with Gasteiger partial charge in [-0.15, -0.1) is 0 Å². The third-order valence-electron chi connectivity index (χ3n) is 3.29. The number of piperidine rings is 1. The van der Waals surface area contributed by atoms with Crippen LogP contribution in [0.15, 0.2) is 0 Å². The van der Waals surface area contributed by atoms with Gasteiger partial charge < -0.3 is 10.6 Å². The van der Waals surface area contributed by atoms with Crippen molar-refractivity contribution >= 4 is 5.91 Å². The van der Waals surface area contributed by atoms with E-state index in [-0.39, 0.29) is 11.6 Å². The second-order valence-electron chi connectivity index (χ2n) is 4.55. The first-order valence-corrected chi connectivity index (χ1v) is 5.42. The molecule has 0 atom stereocenters. The Labute approximate surface area is 85.0 Å². The molecule has 2 rings (SSSR count). The summed E-state index contributed by atoms with van der Waals surface area (Å²) in [5, 5.41) is 6.48. The van der Waals surface area contributed by atoms with Crippen LogP contribution in [0.25, 0.3) is 0 Å². The Balaban J connectivity index is 2.17. The van der Waals surface area contributed by atoms with Gasteiger partial charge in [0.25, 0.3) is 0 Å². The van der Waals surface area contributed by atoms with Crippen LogP contribution in [0.5, 0.6) is 0 Å². The van der Waals surface area contributed by atoms with Crippen molar-refractivity contribution in [1.82, 2.24) is 15.5 Å². The van der Waals surface area contributed by atoms with Crippen molar-refractivity contribution in [2.75, 3.05) is 19.6 Å². The van der Waals surface area contributed by atoms with Gasteiger partial charge in [-0.1, -0.05) is 0 Å². The van der Waals surface area contributed by atoms with E-state index in [9.17, 15) is 4.79 Å². The zero-order valence-corrected chi connectivity index (χ0v) is 8.97. The summed E-state index contributed by atoms with van der Waals surface area (Å²) < 4.78 is 0. The van der Waals surface area contributed by atoms with E-state index in [2.05, 4.69) is 29.4 Å². The highest BCUT2D eigenvalue weighted by Gasteiger charge is 2.45. The molecular formula is C10H19N3O. The minimum atomic E-state index is -0.0451. The molecule has 1 amide bonds. The number of hydrogen-bond acceptors (Lipinski definition) is 3. The lowest BCUT2D eigenvalue weighted by Crippen LogP contribution is -2.59. The third kappa shape index (κ3) is 1.53. The van der Waals surface area contributed by atoms with Crippen LogP contribution in [-0.4, -0.2) is 42.1 Å². The molecule has 2 aliphatic rings. The van der Waals surface area contributed by atoms with Crippen LogP contribution in [0.3, 0.4) is 0 Å². The number of carbonyl (C=O) groups excluding carboxylic acids is 1. The van der Waals surface area contributed by atoms with Gasteiger partial charge in [0.05, 0.1) is 12.2 Å². The fourth-order valence-corrected chi connectivity index (χ4v) is 2.61. The van der Waals surface area contributed by atoms with Crippen molar-refractivity contribution < 1.29 is 4.79 Å². The van der Waals surface area contributed by atoms with Gasteiger partial charge in [0.2, 0.25) is 5.91 Å². The fourth-order valence-electron chi connectivity index (χ4n) is 2.61. The lowest BCUT2D eigenvalue weighted by Gasteiger charge is -2.42. The Morgan fingerprint density at radius 2 is 2.00 bits per heavy atom. The van der Waals surface area contributed by atoms with Crippen molar-refractivity contribution in [3.63, 3.8) is 0 Å². The van der Waals surface area contributed by atoms with Gasteiger partial charge >= 0.3 is 0 Å². The standard InChI is InChI=1S/C10H19N3O/c1-8(2)13-7-9(14)12-10(13)3-5-11-6-4-10/h8,11H,3-7H2,1-2H3,(H,12,14). The Morgan fingerprint density at radius 3 is 2.57 bits per heavy atom. The SMILES string of the molecule is CC(C)N1CC(=O)NC12CCNCC2. The molecule has 80 valence electrons. The van der Waals surface area contributed by atoms with Crippen LogP contribution in [-0.2, 0) is 4.79 Å². The molecule has 0 aliphatic carbocycles. The lowest BCUT2D eigenvalue weighted by molar-refractivity contribution is -0.119. The summed E-state index contributed by atoms with van der Waals surface area (Å²) in [4.78, 5) is 13.8. The molecule has 2 aliphatic heterocycles. The summed E-state index contributed by atoms with van der Waals surface area (Å²) in [5.74, 6) is 0.181. The first-order valence-electron chi connectivity index (χ1n) is 5.42. The molecule has 0 bridgehead atoms. The van der Waals surface area contributed by atoms with Crippen molar-refractivity contribution in [1.29, 1.82) is 0 Å². The van der Waals surface area contributed by atoms with Crippen LogP contribution >= 0.6 is 0 Å². The maximum atomic E-state index is 11.5. The number of hydrogen-bond donors (Lipinski definition) is 2. The molecule has 0 aromatic rings. The molecule has 1 spiro atoms. The van der Waals surface area contributed by atoms with Crippen LogP contribution < -0.4 is 10.6 Å². The minimum absolute atomic E-state index is 0.0451. The van der Waals surface area contributed by atoms with Gasteiger partial charge in [-0.2, -0.15) is 0 Å². The Morgan fingerprint density at radius 1 is 1.36 bits per heavy atom. The van der Waals surface area contributed by atoms with Crippen LogP contribution in [0.2, 0.25) is 0 Å². The first kappa shape index (κ1) is 9.93. The summed E-state index contributed by atoms with van der Waals surface area (Å²) in [7, 11) is 0. The second kappa shape index (κ2) is 3.51. The predicted octanol–water partition coefficient (Wildman–Crippen LogP) is -0.0937. The Kier molecular flexibility index (Phi) is 2.49.